The Morgan fingerprint density at radius 1 is 1.21 bits per heavy atom. The van der Waals surface area contributed by atoms with Crippen molar-refractivity contribution in [2.24, 2.45) is 0 Å². The zero-order valence-electron chi connectivity index (χ0n) is 10.7. The minimum Gasteiger partial charge on any atom is -0.306 e. The molecule has 0 radical (unpaired) electrons. The highest BCUT2D eigenvalue weighted by atomic mass is 32.2. The van der Waals surface area contributed by atoms with E-state index in [1.165, 1.54) is 0 Å². The molecule has 0 bridgehead atoms. The first-order valence-electron chi connectivity index (χ1n) is 6.31. The third-order valence-electron chi connectivity index (χ3n) is 4.20. The summed E-state index contributed by atoms with van der Waals surface area (Å²) in [4.78, 5) is 14.0. The highest BCUT2D eigenvalue weighted by molar-refractivity contribution is 7.91. The van der Waals surface area contributed by atoms with E-state index >= 15 is 0 Å². The van der Waals surface area contributed by atoms with Crippen LogP contribution in [0.15, 0.2) is 24.3 Å². The van der Waals surface area contributed by atoms with E-state index in [9.17, 15) is 13.2 Å². The third kappa shape index (κ3) is 1.70. The van der Waals surface area contributed by atoms with Gasteiger partial charge in [-0.2, -0.15) is 0 Å². The molecule has 1 aromatic rings. The molecule has 1 aromatic carbocycles. The van der Waals surface area contributed by atoms with Crippen LogP contribution in [0, 0.1) is 0 Å². The smallest absolute Gasteiger partial charge is 0.265 e. The van der Waals surface area contributed by atoms with Gasteiger partial charge in [0.15, 0.2) is 0 Å². The van der Waals surface area contributed by atoms with E-state index in [1.807, 2.05) is 7.05 Å². The molecule has 0 aromatic heterocycles. The van der Waals surface area contributed by atoms with Crippen molar-refractivity contribution in [1.82, 2.24) is 9.62 Å². The molecule has 0 saturated carbocycles. The van der Waals surface area contributed by atoms with Crippen molar-refractivity contribution in [3.8, 4) is 0 Å². The van der Waals surface area contributed by atoms with Gasteiger partial charge in [0.2, 0.25) is 10.0 Å². The monoisotopic (exact) mass is 280 g/mol. The van der Waals surface area contributed by atoms with Gasteiger partial charge in [-0.05, 0) is 44.6 Å². The molecule has 3 rings (SSSR count). The first kappa shape index (κ1) is 12.6. The molecule has 2 heterocycles. The number of nitrogens with zero attached hydrogens (tertiary/aromatic N) is 1. The van der Waals surface area contributed by atoms with Gasteiger partial charge in [0.25, 0.3) is 5.91 Å². The largest absolute Gasteiger partial charge is 0.306 e. The van der Waals surface area contributed by atoms with E-state index in [-0.39, 0.29) is 0 Å². The molecular weight excluding hydrogens is 264 g/mol. The molecule has 2 aliphatic heterocycles. The average molecular weight is 280 g/mol. The summed E-state index contributed by atoms with van der Waals surface area (Å²) < 4.78 is 26.2. The second kappa shape index (κ2) is 4.05. The van der Waals surface area contributed by atoms with Crippen LogP contribution in [0.4, 0.5) is 0 Å². The van der Waals surface area contributed by atoms with E-state index in [4.69, 9.17) is 0 Å². The molecule has 2 aliphatic rings. The Labute approximate surface area is 112 Å². The normalized spacial score (nSPS) is 24.8. The minimum absolute atomic E-state index is 0.488. The van der Waals surface area contributed by atoms with Gasteiger partial charge in [0.1, 0.15) is 4.75 Å². The predicted molar refractivity (Wildman–Crippen MR) is 71.2 cm³/mol. The van der Waals surface area contributed by atoms with Gasteiger partial charge in [0, 0.05) is 5.56 Å². The maximum atomic E-state index is 12.5. The number of hydrogen-bond acceptors (Lipinski definition) is 4. The van der Waals surface area contributed by atoms with Crippen LogP contribution in [0.2, 0.25) is 0 Å². The van der Waals surface area contributed by atoms with Crippen molar-refractivity contribution >= 4 is 15.9 Å². The van der Waals surface area contributed by atoms with Gasteiger partial charge in [-0.1, -0.05) is 18.2 Å². The number of piperidine rings is 1. The molecule has 1 spiro atoms. The minimum atomic E-state index is -3.66. The number of carbonyl (C=O) groups excluding carboxylic acids is 1. The van der Waals surface area contributed by atoms with Crippen molar-refractivity contribution in [2.75, 3.05) is 20.1 Å². The summed E-state index contributed by atoms with van der Waals surface area (Å²) in [6.07, 6.45) is 1.03. The fourth-order valence-corrected chi connectivity index (χ4v) is 4.75. The summed E-state index contributed by atoms with van der Waals surface area (Å²) in [6, 6.07) is 7.03. The summed E-state index contributed by atoms with van der Waals surface area (Å²) in [5, 5.41) is 0. The second-order valence-electron chi connectivity index (χ2n) is 5.28. The van der Waals surface area contributed by atoms with Crippen molar-refractivity contribution in [1.29, 1.82) is 0 Å². The maximum Gasteiger partial charge on any atom is 0.265 e. The Morgan fingerprint density at radius 3 is 2.53 bits per heavy atom. The van der Waals surface area contributed by atoms with Crippen LogP contribution in [0.1, 0.15) is 28.8 Å². The fourth-order valence-electron chi connectivity index (χ4n) is 3.02. The molecule has 1 amide bonds. The Kier molecular flexibility index (Phi) is 2.69. The van der Waals surface area contributed by atoms with Crippen LogP contribution in [0.25, 0.3) is 0 Å². The van der Waals surface area contributed by atoms with E-state index in [0.29, 0.717) is 37.1 Å². The molecule has 1 saturated heterocycles. The fraction of sp³-hybridized carbons (Fsp3) is 0.462. The predicted octanol–water partition coefficient (Wildman–Crippen LogP) is 0.681. The van der Waals surface area contributed by atoms with Crippen LogP contribution in [0.5, 0.6) is 0 Å². The molecule has 1 fully saturated rings. The number of benzene rings is 1. The number of sulfonamides is 1. The van der Waals surface area contributed by atoms with Gasteiger partial charge in [-0.15, -0.1) is 0 Å². The SMILES string of the molecule is CN1CCC2(CC1)c1ccccc1C(=O)NS2(=O)=O. The molecule has 1 N–H and O–H groups in total. The lowest BCUT2D eigenvalue weighted by atomic mass is 9.85. The van der Waals surface area contributed by atoms with E-state index in [2.05, 4.69) is 9.62 Å². The van der Waals surface area contributed by atoms with Gasteiger partial charge in [-0.3, -0.25) is 4.79 Å². The molecule has 102 valence electrons. The molecule has 0 atom stereocenters. The second-order valence-corrected chi connectivity index (χ2v) is 7.27. The third-order valence-corrected chi connectivity index (χ3v) is 6.31. The highest BCUT2D eigenvalue weighted by Crippen LogP contribution is 2.43. The number of carbonyl (C=O) groups is 1. The van der Waals surface area contributed by atoms with Gasteiger partial charge in [0.05, 0.1) is 0 Å². The summed E-state index contributed by atoms with van der Waals surface area (Å²) in [6.45, 7) is 1.42. The molecule has 6 heteroatoms. The number of likely N-dealkylation sites (tertiary alicyclic amines) is 1. The lowest BCUT2D eigenvalue weighted by molar-refractivity contribution is 0.0970. The standard InChI is InChI=1S/C13H16N2O3S/c1-15-8-6-13(7-9-15)11-5-3-2-4-10(11)12(16)14-19(13,17)18/h2-5H,6-9H2,1H3,(H,14,16). The van der Waals surface area contributed by atoms with Crippen molar-refractivity contribution in [2.45, 2.75) is 17.6 Å². The van der Waals surface area contributed by atoms with Gasteiger partial charge >= 0.3 is 0 Å². The van der Waals surface area contributed by atoms with Crippen molar-refractivity contribution in [3.63, 3.8) is 0 Å². The lowest BCUT2D eigenvalue weighted by Gasteiger charge is -2.43. The first-order chi connectivity index (χ1) is 8.96. The quantitative estimate of drug-likeness (QED) is 0.759. The van der Waals surface area contributed by atoms with Crippen molar-refractivity contribution in [3.05, 3.63) is 35.4 Å². The zero-order chi connectivity index (χ0) is 13.7. The first-order valence-corrected chi connectivity index (χ1v) is 7.79. The van der Waals surface area contributed by atoms with Crippen LogP contribution < -0.4 is 4.72 Å². The number of amides is 1. The maximum absolute atomic E-state index is 12.5. The Balaban J connectivity index is 2.21. The Bertz CT molecular complexity index is 631. The topological polar surface area (TPSA) is 66.5 Å². The van der Waals surface area contributed by atoms with E-state index < -0.39 is 20.7 Å². The Morgan fingerprint density at radius 2 is 1.84 bits per heavy atom. The molecular formula is C13H16N2O3S. The summed E-state index contributed by atoms with van der Waals surface area (Å²) in [5.74, 6) is -0.514. The van der Waals surface area contributed by atoms with E-state index in [0.717, 1.165) is 0 Å². The number of rotatable bonds is 0. The van der Waals surface area contributed by atoms with Crippen LogP contribution in [-0.4, -0.2) is 39.4 Å². The van der Waals surface area contributed by atoms with E-state index in [1.54, 1.807) is 24.3 Å². The number of nitrogens with one attached hydrogen (secondary N) is 1. The molecule has 0 aliphatic carbocycles. The Hall–Kier alpha value is -1.40. The highest BCUT2D eigenvalue weighted by Gasteiger charge is 2.52. The summed E-state index contributed by atoms with van der Waals surface area (Å²) in [5.41, 5.74) is 1.15. The number of fused-ring (bicyclic) bond motifs is 2. The summed E-state index contributed by atoms with van der Waals surface area (Å²) >= 11 is 0. The van der Waals surface area contributed by atoms with Crippen LogP contribution in [-0.2, 0) is 14.8 Å². The van der Waals surface area contributed by atoms with Crippen LogP contribution in [0.3, 0.4) is 0 Å². The average Bonchev–Trinajstić information content (AvgIpc) is 2.38. The van der Waals surface area contributed by atoms with Gasteiger partial charge in [-0.25, -0.2) is 13.1 Å². The van der Waals surface area contributed by atoms with Crippen LogP contribution >= 0.6 is 0 Å². The molecule has 5 nitrogen and oxygen atoms in total. The number of hydrogen-bond donors (Lipinski definition) is 1. The summed E-state index contributed by atoms with van der Waals surface area (Å²) in [7, 11) is -1.68. The lowest BCUT2D eigenvalue weighted by Crippen LogP contribution is -2.55. The molecule has 0 unspecified atom stereocenters. The van der Waals surface area contributed by atoms with Gasteiger partial charge < -0.3 is 4.90 Å². The zero-order valence-corrected chi connectivity index (χ0v) is 11.5. The molecule has 19 heavy (non-hydrogen) atoms. The van der Waals surface area contributed by atoms with Crippen molar-refractivity contribution < 1.29 is 13.2 Å².